The van der Waals surface area contributed by atoms with Crippen molar-refractivity contribution in [1.29, 1.82) is 0 Å². The van der Waals surface area contributed by atoms with Crippen molar-refractivity contribution in [3.8, 4) is 0 Å². The second kappa shape index (κ2) is 8.72. The fourth-order valence-electron chi connectivity index (χ4n) is 0.752. The summed E-state index contributed by atoms with van der Waals surface area (Å²) in [4.78, 5) is 3.99. The Balaban J connectivity index is 0.000000671. The molecule has 0 bridgehead atoms. The molecule has 13 heavy (non-hydrogen) atoms. The van der Waals surface area contributed by atoms with E-state index in [0.717, 1.165) is 5.56 Å². The molecule has 0 atom stereocenters. The van der Waals surface area contributed by atoms with Crippen molar-refractivity contribution in [3.05, 3.63) is 48.3 Å². The highest BCUT2D eigenvalue weighted by atomic mass is 14.6. The molecule has 1 nitrogen and oxygen atoms in total. The molecular formula is C12H17N. The van der Waals surface area contributed by atoms with E-state index >= 15 is 0 Å². The zero-order valence-corrected chi connectivity index (χ0v) is 8.57. The molecule has 1 aromatic heterocycles. The summed E-state index contributed by atoms with van der Waals surface area (Å²) in [6, 6.07) is 3.95. The minimum Gasteiger partial charge on any atom is -0.264 e. The largest absolute Gasteiger partial charge is 0.264 e. The minimum absolute atomic E-state index is 1.13. The van der Waals surface area contributed by atoms with E-state index in [1.54, 1.807) is 6.20 Å². The lowest BCUT2D eigenvalue weighted by molar-refractivity contribution is 1.32. The number of hydrogen-bond acceptors (Lipinski definition) is 1. The van der Waals surface area contributed by atoms with E-state index in [0.29, 0.717) is 0 Å². The quantitative estimate of drug-likeness (QED) is 0.624. The lowest BCUT2D eigenvalue weighted by Crippen LogP contribution is -1.71. The highest BCUT2D eigenvalue weighted by Crippen LogP contribution is 1.97. The van der Waals surface area contributed by atoms with Crippen LogP contribution in [0.15, 0.2) is 42.8 Å². The first-order valence-corrected chi connectivity index (χ1v) is 4.63. The van der Waals surface area contributed by atoms with Gasteiger partial charge in [0, 0.05) is 12.4 Å². The van der Waals surface area contributed by atoms with E-state index in [4.69, 9.17) is 0 Å². The number of nitrogens with zero attached hydrogens (tertiary/aromatic N) is 1. The molecule has 0 saturated carbocycles. The number of pyridine rings is 1. The second-order valence-corrected chi connectivity index (χ2v) is 2.17. The van der Waals surface area contributed by atoms with Gasteiger partial charge in [-0.25, -0.2) is 0 Å². The van der Waals surface area contributed by atoms with Crippen LogP contribution in [0.2, 0.25) is 0 Å². The van der Waals surface area contributed by atoms with Gasteiger partial charge < -0.3 is 0 Å². The van der Waals surface area contributed by atoms with Crippen LogP contribution in [0.1, 0.15) is 26.3 Å². The molecule has 1 heterocycles. The standard InChI is InChI=1S/C10H11N.C2H6/c1-2-3-4-6-10-7-5-8-11-9-10;1-2/h2-9H,1H3;1-2H3/b3-2-,6-4-;. The van der Waals surface area contributed by atoms with Crippen molar-refractivity contribution in [2.24, 2.45) is 0 Å². The molecule has 1 rings (SSSR count). The summed E-state index contributed by atoms with van der Waals surface area (Å²) in [5, 5.41) is 0. The predicted molar refractivity (Wildman–Crippen MR) is 59.4 cm³/mol. The van der Waals surface area contributed by atoms with Crippen LogP contribution in [-0.2, 0) is 0 Å². The molecule has 0 radical (unpaired) electrons. The fourth-order valence-corrected chi connectivity index (χ4v) is 0.752. The lowest BCUT2D eigenvalue weighted by Gasteiger charge is -1.86. The maximum atomic E-state index is 3.99. The van der Waals surface area contributed by atoms with Crippen LogP contribution < -0.4 is 0 Å². The molecule has 1 heteroatoms. The zero-order valence-electron chi connectivity index (χ0n) is 8.57. The molecule has 0 aliphatic heterocycles. The Kier molecular flexibility index (Phi) is 7.80. The third kappa shape index (κ3) is 5.85. The van der Waals surface area contributed by atoms with Gasteiger partial charge in [-0.2, -0.15) is 0 Å². The average molecular weight is 175 g/mol. The summed E-state index contributed by atoms with van der Waals surface area (Å²) in [5.41, 5.74) is 1.13. The van der Waals surface area contributed by atoms with Gasteiger partial charge in [-0.15, -0.1) is 0 Å². The molecule has 0 unspecified atom stereocenters. The predicted octanol–water partition coefficient (Wildman–Crippen LogP) is 3.70. The van der Waals surface area contributed by atoms with Crippen LogP contribution in [0.4, 0.5) is 0 Å². The summed E-state index contributed by atoms with van der Waals surface area (Å²) in [7, 11) is 0. The average Bonchev–Trinajstić information content (AvgIpc) is 2.23. The summed E-state index contributed by atoms with van der Waals surface area (Å²) >= 11 is 0. The summed E-state index contributed by atoms with van der Waals surface area (Å²) < 4.78 is 0. The minimum atomic E-state index is 1.13. The van der Waals surface area contributed by atoms with Crippen molar-refractivity contribution in [1.82, 2.24) is 4.98 Å². The van der Waals surface area contributed by atoms with Crippen LogP contribution >= 0.6 is 0 Å². The Morgan fingerprint density at radius 3 is 2.54 bits per heavy atom. The van der Waals surface area contributed by atoms with E-state index in [9.17, 15) is 0 Å². The van der Waals surface area contributed by atoms with E-state index in [-0.39, 0.29) is 0 Å². The normalized spacial score (nSPS) is 10.1. The van der Waals surface area contributed by atoms with Crippen molar-refractivity contribution in [2.45, 2.75) is 20.8 Å². The van der Waals surface area contributed by atoms with Crippen molar-refractivity contribution >= 4 is 6.08 Å². The lowest BCUT2D eigenvalue weighted by atomic mass is 10.2. The monoisotopic (exact) mass is 175 g/mol. The topological polar surface area (TPSA) is 12.9 Å². The van der Waals surface area contributed by atoms with Gasteiger partial charge in [0.25, 0.3) is 0 Å². The molecule has 0 amide bonds. The van der Waals surface area contributed by atoms with Crippen LogP contribution in [0.25, 0.3) is 6.08 Å². The van der Waals surface area contributed by atoms with Crippen molar-refractivity contribution in [3.63, 3.8) is 0 Å². The van der Waals surface area contributed by atoms with Gasteiger partial charge in [0.1, 0.15) is 0 Å². The van der Waals surface area contributed by atoms with Crippen LogP contribution in [-0.4, -0.2) is 4.98 Å². The summed E-state index contributed by atoms with van der Waals surface area (Å²) in [6.07, 6.45) is 11.6. The van der Waals surface area contributed by atoms with E-state index in [1.807, 2.05) is 63.4 Å². The van der Waals surface area contributed by atoms with Crippen molar-refractivity contribution < 1.29 is 0 Å². The van der Waals surface area contributed by atoms with Crippen molar-refractivity contribution in [2.75, 3.05) is 0 Å². The van der Waals surface area contributed by atoms with Crippen LogP contribution in [0, 0.1) is 0 Å². The van der Waals surface area contributed by atoms with Gasteiger partial charge in [0.2, 0.25) is 0 Å². The highest BCUT2D eigenvalue weighted by molar-refractivity contribution is 5.49. The Morgan fingerprint density at radius 2 is 2.00 bits per heavy atom. The first-order valence-electron chi connectivity index (χ1n) is 4.63. The molecule has 70 valence electrons. The van der Waals surface area contributed by atoms with Gasteiger partial charge in [0.05, 0.1) is 0 Å². The van der Waals surface area contributed by atoms with Gasteiger partial charge in [-0.05, 0) is 18.6 Å². The second-order valence-electron chi connectivity index (χ2n) is 2.17. The number of rotatable bonds is 2. The Hall–Kier alpha value is -1.37. The Labute approximate surface area is 80.8 Å². The van der Waals surface area contributed by atoms with E-state index in [2.05, 4.69) is 4.98 Å². The Bertz CT molecular complexity index is 247. The summed E-state index contributed by atoms with van der Waals surface area (Å²) in [5.74, 6) is 0. The third-order valence-corrected chi connectivity index (χ3v) is 1.28. The highest BCUT2D eigenvalue weighted by Gasteiger charge is 1.79. The fraction of sp³-hybridized carbons (Fsp3) is 0.250. The van der Waals surface area contributed by atoms with E-state index < -0.39 is 0 Å². The van der Waals surface area contributed by atoms with Gasteiger partial charge in [-0.1, -0.05) is 44.2 Å². The number of allylic oxidation sites excluding steroid dienone is 3. The SMILES string of the molecule is C/C=C\C=C/c1cccnc1.CC. The molecule has 0 aromatic carbocycles. The van der Waals surface area contributed by atoms with E-state index in [1.165, 1.54) is 0 Å². The van der Waals surface area contributed by atoms with Crippen LogP contribution in [0.5, 0.6) is 0 Å². The smallest absolute Gasteiger partial charge is 0.0340 e. The first kappa shape index (κ1) is 11.6. The number of hydrogen-bond donors (Lipinski definition) is 0. The Morgan fingerprint density at radius 1 is 1.23 bits per heavy atom. The number of aromatic nitrogens is 1. The molecule has 1 aromatic rings. The third-order valence-electron chi connectivity index (χ3n) is 1.28. The molecule has 0 fully saturated rings. The summed E-state index contributed by atoms with van der Waals surface area (Å²) in [6.45, 7) is 5.99. The molecule has 0 N–H and O–H groups in total. The van der Waals surface area contributed by atoms with Gasteiger partial charge in [0.15, 0.2) is 0 Å². The molecular weight excluding hydrogens is 158 g/mol. The zero-order chi connectivity index (χ0) is 9.94. The first-order chi connectivity index (χ1) is 6.43. The van der Waals surface area contributed by atoms with Gasteiger partial charge in [-0.3, -0.25) is 4.98 Å². The molecule has 0 aliphatic carbocycles. The van der Waals surface area contributed by atoms with Gasteiger partial charge >= 0.3 is 0 Å². The molecule has 0 spiro atoms. The van der Waals surface area contributed by atoms with Crippen LogP contribution in [0.3, 0.4) is 0 Å². The molecule has 0 saturated heterocycles. The maximum Gasteiger partial charge on any atom is 0.0340 e. The molecule has 0 aliphatic rings. The maximum absolute atomic E-state index is 3.99.